The molecule has 8 heteroatoms. The minimum atomic E-state index is -4.49. The fourth-order valence-corrected chi connectivity index (χ4v) is 3.68. The summed E-state index contributed by atoms with van der Waals surface area (Å²) in [7, 11) is 1.25. The van der Waals surface area contributed by atoms with Crippen LogP contribution in [0, 0.1) is 0 Å². The van der Waals surface area contributed by atoms with Crippen molar-refractivity contribution in [2.45, 2.75) is 37.5 Å². The number of nitrogens with zero attached hydrogens (tertiary/aromatic N) is 1. The molecule has 144 valence electrons. The van der Waals surface area contributed by atoms with E-state index in [1.54, 1.807) is 0 Å². The maximum absolute atomic E-state index is 12.9. The Kier molecular flexibility index (Phi) is 5.72. The van der Waals surface area contributed by atoms with Crippen molar-refractivity contribution in [3.63, 3.8) is 0 Å². The van der Waals surface area contributed by atoms with Crippen molar-refractivity contribution in [1.29, 1.82) is 0 Å². The van der Waals surface area contributed by atoms with Crippen LogP contribution in [0.25, 0.3) is 0 Å². The molecule has 0 radical (unpaired) electrons. The fraction of sp³-hybridized carbons (Fsp3) is 0.611. The fourth-order valence-electron chi connectivity index (χ4n) is 3.68. The van der Waals surface area contributed by atoms with Crippen molar-refractivity contribution in [3.05, 3.63) is 29.3 Å². The lowest BCUT2D eigenvalue weighted by Gasteiger charge is -2.38. The third-order valence-electron chi connectivity index (χ3n) is 5.02. The summed E-state index contributed by atoms with van der Waals surface area (Å²) in [5, 5.41) is 2.93. The molecule has 2 aliphatic heterocycles. The molecule has 0 aliphatic carbocycles. The number of nitrogens with one attached hydrogen (secondary N) is 1. The quantitative estimate of drug-likeness (QED) is 0.883. The summed E-state index contributed by atoms with van der Waals surface area (Å²) in [5.74, 6) is -0.540. The number of ether oxygens (including phenoxy) is 2. The second kappa shape index (κ2) is 7.84. The lowest BCUT2D eigenvalue weighted by Crippen LogP contribution is -2.56. The lowest BCUT2D eigenvalue weighted by atomic mass is 10.0. The van der Waals surface area contributed by atoms with Crippen molar-refractivity contribution in [2.75, 3.05) is 33.4 Å². The van der Waals surface area contributed by atoms with Crippen molar-refractivity contribution in [3.8, 4) is 5.75 Å². The first-order chi connectivity index (χ1) is 12.4. The predicted octanol–water partition coefficient (Wildman–Crippen LogP) is 2.70. The summed E-state index contributed by atoms with van der Waals surface area (Å²) in [6.07, 6.45) is -1.37. The standard InChI is InChI=1S/C18H23F3N2O3/c1-25-16-10-12(18(19,20)21)4-5-13(16)17(24)22-14-11-26-9-6-15(14)23-7-2-3-8-23/h4-5,10,14-15H,2-3,6-9,11H2,1H3,(H,22,24). The van der Waals surface area contributed by atoms with Crippen LogP contribution in [0.1, 0.15) is 35.2 Å². The van der Waals surface area contributed by atoms with Gasteiger partial charge in [-0.2, -0.15) is 13.2 Å². The zero-order valence-electron chi connectivity index (χ0n) is 14.6. The van der Waals surface area contributed by atoms with Gasteiger partial charge in [0.25, 0.3) is 5.91 Å². The molecule has 2 saturated heterocycles. The number of halogens is 3. The number of amides is 1. The number of hydrogen-bond donors (Lipinski definition) is 1. The Hall–Kier alpha value is -1.80. The Morgan fingerprint density at radius 3 is 2.69 bits per heavy atom. The molecule has 3 rings (SSSR count). The highest BCUT2D eigenvalue weighted by Gasteiger charge is 2.35. The van der Waals surface area contributed by atoms with Crippen LogP contribution in [0.4, 0.5) is 13.2 Å². The van der Waals surface area contributed by atoms with E-state index in [0.717, 1.165) is 50.6 Å². The molecule has 2 fully saturated rings. The van der Waals surface area contributed by atoms with Crippen molar-refractivity contribution in [2.24, 2.45) is 0 Å². The van der Waals surface area contributed by atoms with Gasteiger partial charge in [0.2, 0.25) is 0 Å². The monoisotopic (exact) mass is 372 g/mol. The lowest BCUT2D eigenvalue weighted by molar-refractivity contribution is -0.137. The van der Waals surface area contributed by atoms with Crippen molar-refractivity contribution in [1.82, 2.24) is 10.2 Å². The average Bonchev–Trinajstić information content (AvgIpc) is 3.15. The van der Waals surface area contributed by atoms with Gasteiger partial charge in [0.15, 0.2) is 0 Å². The number of likely N-dealkylation sites (tertiary alicyclic amines) is 1. The number of carbonyl (C=O) groups excluding carboxylic acids is 1. The number of rotatable bonds is 4. The van der Waals surface area contributed by atoms with E-state index in [-0.39, 0.29) is 23.4 Å². The van der Waals surface area contributed by atoms with E-state index in [1.807, 2.05) is 0 Å². The van der Waals surface area contributed by atoms with Crippen LogP contribution in [0.2, 0.25) is 0 Å². The highest BCUT2D eigenvalue weighted by atomic mass is 19.4. The average molecular weight is 372 g/mol. The summed E-state index contributed by atoms with van der Waals surface area (Å²) in [6, 6.07) is 2.90. The maximum atomic E-state index is 12.9. The molecule has 0 spiro atoms. The van der Waals surface area contributed by atoms with E-state index < -0.39 is 17.6 Å². The van der Waals surface area contributed by atoms with Crippen LogP contribution in [-0.2, 0) is 10.9 Å². The normalized spacial score (nSPS) is 24.5. The zero-order chi connectivity index (χ0) is 18.7. The zero-order valence-corrected chi connectivity index (χ0v) is 14.6. The van der Waals surface area contributed by atoms with Gasteiger partial charge in [-0.15, -0.1) is 0 Å². The summed E-state index contributed by atoms with van der Waals surface area (Å²) < 4.78 is 49.1. The minimum absolute atomic E-state index is 0.0891. The van der Waals surface area contributed by atoms with E-state index >= 15 is 0 Å². The summed E-state index contributed by atoms with van der Waals surface area (Å²) in [6.45, 7) is 3.05. The van der Waals surface area contributed by atoms with Crippen molar-refractivity contribution < 1.29 is 27.4 Å². The summed E-state index contributed by atoms with van der Waals surface area (Å²) >= 11 is 0. The number of methoxy groups -OCH3 is 1. The van der Waals surface area contributed by atoms with Gasteiger partial charge >= 0.3 is 6.18 Å². The Morgan fingerprint density at radius 2 is 2.04 bits per heavy atom. The van der Waals surface area contributed by atoms with Gasteiger partial charge in [-0.25, -0.2) is 0 Å². The number of carbonyl (C=O) groups is 1. The highest BCUT2D eigenvalue weighted by molar-refractivity contribution is 5.97. The van der Waals surface area contributed by atoms with Gasteiger partial charge in [0.05, 0.1) is 30.9 Å². The molecule has 2 aliphatic rings. The molecule has 26 heavy (non-hydrogen) atoms. The third kappa shape index (κ3) is 4.12. The summed E-state index contributed by atoms with van der Waals surface area (Å²) in [4.78, 5) is 15.0. The van der Waals surface area contributed by atoms with Crippen molar-refractivity contribution >= 4 is 5.91 Å². The molecule has 0 aromatic heterocycles. The molecule has 1 amide bonds. The molecule has 2 atom stereocenters. The first-order valence-electron chi connectivity index (χ1n) is 8.78. The minimum Gasteiger partial charge on any atom is -0.496 e. The van der Waals surface area contributed by atoms with E-state index in [9.17, 15) is 18.0 Å². The van der Waals surface area contributed by atoms with Crippen LogP contribution in [-0.4, -0.2) is 56.3 Å². The highest BCUT2D eigenvalue weighted by Crippen LogP contribution is 2.33. The second-order valence-corrected chi connectivity index (χ2v) is 6.67. The first kappa shape index (κ1) is 19.0. The molecule has 0 bridgehead atoms. The van der Waals surface area contributed by atoms with E-state index in [4.69, 9.17) is 9.47 Å². The SMILES string of the molecule is COc1cc(C(F)(F)F)ccc1C(=O)NC1COCCC1N1CCCC1. The van der Waals surface area contributed by atoms with Gasteiger partial charge in [-0.1, -0.05) is 0 Å². The number of hydrogen-bond acceptors (Lipinski definition) is 4. The van der Waals surface area contributed by atoms with Gasteiger partial charge in [-0.05, 0) is 50.6 Å². The molecule has 1 N–H and O–H groups in total. The van der Waals surface area contributed by atoms with Gasteiger partial charge < -0.3 is 14.8 Å². The first-order valence-corrected chi connectivity index (χ1v) is 8.78. The van der Waals surface area contributed by atoms with E-state index in [2.05, 4.69) is 10.2 Å². The Labute approximate surface area is 150 Å². The van der Waals surface area contributed by atoms with E-state index in [1.165, 1.54) is 7.11 Å². The smallest absolute Gasteiger partial charge is 0.416 e. The molecule has 1 aromatic rings. The Bertz CT molecular complexity index is 645. The largest absolute Gasteiger partial charge is 0.496 e. The van der Waals surface area contributed by atoms with Crippen LogP contribution >= 0.6 is 0 Å². The number of alkyl halides is 3. The number of benzene rings is 1. The molecule has 2 heterocycles. The van der Waals surface area contributed by atoms with Crippen LogP contribution < -0.4 is 10.1 Å². The molecular formula is C18H23F3N2O3. The van der Waals surface area contributed by atoms with E-state index in [0.29, 0.717) is 13.2 Å². The maximum Gasteiger partial charge on any atom is 0.416 e. The Balaban J connectivity index is 1.76. The molecule has 5 nitrogen and oxygen atoms in total. The molecule has 0 saturated carbocycles. The summed E-state index contributed by atoms with van der Waals surface area (Å²) in [5.41, 5.74) is -0.756. The second-order valence-electron chi connectivity index (χ2n) is 6.67. The van der Waals surface area contributed by atoms with Crippen LogP contribution in [0.15, 0.2) is 18.2 Å². The topological polar surface area (TPSA) is 50.8 Å². The predicted molar refractivity (Wildman–Crippen MR) is 89.3 cm³/mol. The van der Waals surface area contributed by atoms with Gasteiger partial charge in [0, 0.05) is 12.6 Å². The molecular weight excluding hydrogens is 349 g/mol. The van der Waals surface area contributed by atoms with Gasteiger partial charge in [-0.3, -0.25) is 9.69 Å². The third-order valence-corrected chi connectivity index (χ3v) is 5.02. The molecule has 2 unspecified atom stereocenters. The Morgan fingerprint density at radius 1 is 1.31 bits per heavy atom. The molecule has 1 aromatic carbocycles. The van der Waals surface area contributed by atoms with Crippen LogP contribution in [0.5, 0.6) is 5.75 Å². The van der Waals surface area contributed by atoms with Gasteiger partial charge in [0.1, 0.15) is 5.75 Å². The van der Waals surface area contributed by atoms with Crippen LogP contribution in [0.3, 0.4) is 0 Å².